The maximum absolute atomic E-state index is 9.96. The molecule has 0 amide bonds. The second kappa shape index (κ2) is 7.27. The molecule has 0 fully saturated rings. The molecular formula is C14H15Cl2NO. The number of halogens is 2. The van der Waals surface area contributed by atoms with Crippen LogP contribution in [0.2, 0.25) is 5.02 Å². The van der Waals surface area contributed by atoms with Crippen molar-refractivity contribution in [3.8, 4) is 0 Å². The monoisotopic (exact) mass is 283 g/mol. The van der Waals surface area contributed by atoms with Gasteiger partial charge < -0.3 is 10.4 Å². The lowest BCUT2D eigenvalue weighted by atomic mass is 10.1. The van der Waals surface area contributed by atoms with Crippen LogP contribution in [0.15, 0.2) is 54.6 Å². The van der Waals surface area contributed by atoms with E-state index in [0.717, 1.165) is 11.3 Å². The lowest BCUT2D eigenvalue weighted by Gasteiger charge is -2.13. The summed E-state index contributed by atoms with van der Waals surface area (Å²) in [4.78, 5) is 0. The van der Waals surface area contributed by atoms with Crippen molar-refractivity contribution >= 4 is 29.7 Å². The summed E-state index contributed by atoms with van der Waals surface area (Å²) in [6, 6.07) is 17.0. The molecule has 0 aliphatic rings. The summed E-state index contributed by atoms with van der Waals surface area (Å²) in [6.45, 7) is 0.463. The van der Waals surface area contributed by atoms with Crippen LogP contribution >= 0.6 is 24.0 Å². The van der Waals surface area contributed by atoms with Crippen molar-refractivity contribution in [2.75, 3.05) is 11.9 Å². The zero-order valence-corrected chi connectivity index (χ0v) is 11.3. The maximum Gasteiger partial charge on any atom is 0.0962 e. The zero-order chi connectivity index (χ0) is 12.1. The molecule has 2 nitrogen and oxygen atoms in total. The van der Waals surface area contributed by atoms with Crippen molar-refractivity contribution in [1.29, 1.82) is 0 Å². The zero-order valence-electron chi connectivity index (χ0n) is 9.71. The SMILES string of the molecule is Cl.OC(CNc1cccc(Cl)c1)c1ccccc1. The Morgan fingerprint density at radius 1 is 1.06 bits per heavy atom. The first kappa shape index (κ1) is 14.8. The van der Waals surface area contributed by atoms with Gasteiger partial charge >= 0.3 is 0 Å². The van der Waals surface area contributed by atoms with E-state index < -0.39 is 6.10 Å². The van der Waals surface area contributed by atoms with Crippen LogP contribution in [-0.4, -0.2) is 11.7 Å². The van der Waals surface area contributed by atoms with Gasteiger partial charge in [0.15, 0.2) is 0 Å². The summed E-state index contributed by atoms with van der Waals surface area (Å²) in [7, 11) is 0. The van der Waals surface area contributed by atoms with Crippen LogP contribution in [0.1, 0.15) is 11.7 Å². The molecule has 0 aromatic heterocycles. The lowest BCUT2D eigenvalue weighted by molar-refractivity contribution is 0.191. The van der Waals surface area contributed by atoms with E-state index in [1.807, 2.05) is 54.6 Å². The topological polar surface area (TPSA) is 32.3 Å². The van der Waals surface area contributed by atoms with Gasteiger partial charge in [-0.15, -0.1) is 12.4 Å². The fourth-order valence-corrected chi connectivity index (χ4v) is 1.80. The Morgan fingerprint density at radius 3 is 2.44 bits per heavy atom. The maximum atomic E-state index is 9.96. The highest BCUT2D eigenvalue weighted by molar-refractivity contribution is 6.30. The van der Waals surface area contributed by atoms with Gasteiger partial charge in [0, 0.05) is 17.3 Å². The molecule has 0 heterocycles. The smallest absolute Gasteiger partial charge is 0.0962 e. The predicted molar refractivity (Wildman–Crippen MR) is 78.6 cm³/mol. The predicted octanol–water partition coefficient (Wildman–Crippen LogP) is 3.91. The highest BCUT2D eigenvalue weighted by atomic mass is 35.5. The summed E-state index contributed by atoms with van der Waals surface area (Å²) in [5, 5.41) is 13.8. The minimum absolute atomic E-state index is 0. The summed E-state index contributed by atoms with van der Waals surface area (Å²) in [5.41, 5.74) is 1.81. The van der Waals surface area contributed by atoms with E-state index >= 15 is 0 Å². The summed E-state index contributed by atoms with van der Waals surface area (Å²) in [5.74, 6) is 0. The Labute approximate surface area is 118 Å². The van der Waals surface area contributed by atoms with Crippen LogP contribution in [0.3, 0.4) is 0 Å². The third-order valence-corrected chi connectivity index (χ3v) is 2.74. The Bertz CT molecular complexity index is 476. The molecule has 96 valence electrons. The number of aliphatic hydroxyl groups excluding tert-OH is 1. The first-order valence-corrected chi connectivity index (χ1v) is 5.86. The van der Waals surface area contributed by atoms with Crippen LogP contribution in [0.5, 0.6) is 0 Å². The van der Waals surface area contributed by atoms with Gasteiger partial charge in [-0.1, -0.05) is 48.0 Å². The van der Waals surface area contributed by atoms with Gasteiger partial charge in [-0.3, -0.25) is 0 Å². The Balaban J connectivity index is 0.00000162. The number of hydrogen-bond donors (Lipinski definition) is 2. The molecule has 1 unspecified atom stereocenters. The second-order valence-electron chi connectivity index (χ2n) is 3.82. The van der Waals surface area contributed by atoms with Crippen LogP contribution in [0.4, 0.5) is 5.69 Å². The van der Waals surface area contributed by atoms with E-state index in [1.54, 1.807) is 0 Å². The van der Waals surface area contributed by atoms with E-state index in [1.165, 1.54) is 0 Å². The van der Waals surface area contributed by atoms with Gasteiger partial charge in [-0.05, 0) is 23.8 Å². The fourth-order valence-electron chi connectivity index (χ4n) is 1.61. The molecule has 2 aromatic rings. The second-order valence-corrected chi connectivity index (χ2v) is 4.25. The molecule has 0 spiro atoms. The first-order valence-electron chi connectivity index (χ1n) is 5.48. The van der Waals surface area contributed by atoms with Crippen molar-refractivity contribution in [3.63, 3.8) is 0 Å². The molecule has 0 saturated carbocycles. The van der Waals surface area contributed by atoms with Crippen molar-refractivity contribution in [2.24, 2.45) is 0 Å². The van der Waals surface area contributed by atoms with E-state index in [-0.39, 0.29) is 12.4 Å². The van der Waals surface area contributed by atoms with Crippen molar-refractivity contribution in [3.05, 3.63) is 65.2 Å². The summed E-state index contributed by atoms with van der Waals surface area (Å²) in [6.07, 6.45) is -0.518. The fraction of sp³-hybridized carbons (Fsp3) is 0.143. The van der Waals surface area contributed by atoms with Crippen molar-refractivity contribution in [1.82, 2.24) is 0 Å². The molecule has 0 aliphatic carbocycles. The quantitative estimate of drug-likeness (QED) is 0.892. The molecule has 2 N–H and O–H groups in total. The molecule has 0 bridgehead atoms. The number of nitrogens with one attached hydrogen (secondary N) is 1. The van der Waals surface area contributed by atoms with Gasteiger partial charge in [0.2, 0.25) is 0 Å². The minimum Gasteiger partial charge on any atom is -0.387 e. The number of benzene rings is 2. The van der Waals surface area contributed by atoms with Gasteiger partial charge in [-0.2, -0.15) is 0 Å². The van der Waals surface area contributed by atoms with Gasteiger partial charge in [0.1, 0.15) is 0 Å². The van der Waals surface area contributed by atoms with Crippen LogP contribution in [0.25, 0.3) is 0 Å². The standard InChI is InChI=1S/C14H14ClNO.ClH/c15-12-7-4-8-13(9-12)16-10-14(17)11-5-2-1-3-6-11;/h1-9,14,16-17H,10H2;1H. The normalized spacial score (nSPS) is 11.4. The van der Waals surface area contributed by atoms with E-state index in [2.05, 4.69) is 5.32 Å². The van der Waals surface area contributed by atoms with Crippen molar-refractivity contribution < 1.29 is 5.11 Å². The Morgan fingerprint density at radius 2 is 1.78 bits per heavy atom. The molecule has 0 saturated heterocycles. The molecule has 0 aliphatic heterocycles. The van der Waals surface area contributed by atoms with Crippen LogP contribution in [0, 0.1) is 0 Å². The molecule has 18 heavy (non-hydrogen) atoms. The molecule has 0 radical (unpaired) electrons. The van der Waals surface area contributed by atoms with Crippen LogP contribution < -0.4 is 5.32 Å². The van der Waals surface area contributed by atoms with Crippen LogP contribution in [-0.2, 0) is 0 Å². The number of aliphatic hydroxyl groups is 1. The van der Waals surface area contributed by atoms with E-state index in [4.69, 9.17) is 11.6 Å². The highest BCUT2D eigenvalue weighted by Gasteiger charge is 2.05. The first-order chi connectivity index (χ1) is 8.25. The van der Waals surface area contributed by atoms with Crippen molar-refractivity contribution in [2.45, 2.75) is 6.10 Å². The van der Waals surface area contributed by atoms with E-state index in [0.29, 0.717) is 11.6 Å². The van der Waals surface area contributed by atoms with Gasteiger partial charge in [-0.25, -0.2) is 0 Å². The number of rotatable bonds is 4. The lowest BCUT2D eigenvalue weighted by Crippen LogP contribution is -2.11. The Hall–Kier alpha value is -1.22. The molecule has 2 aromatic carbocycles. The third kappa shape index (κ3) is 4.22. The van der Waals surface area contributed by atoms with E-state index in [9.17, 15) is 5.11 Å². The molecule has 4 heteroatoms. The molecule has 1 atom stereocenters. The number of hydrogen-bond acceptors (Lipinski definition) is 2. The third-order valence-electron chi connectivity index (χ3n) is 2.51. The average molecular weight is 284 g/mol. The summed E-state index contributed by atoms with van der Waals surface area (Å²) < 4.78 is 0. The van der Waals surface area contributed by atoms with Gasteiger partial charge in [0.05, 0.1) is 6.10 Å². The highest BCUT2D eigenvalue weighted by Crippen LogP contribution is 2.17. The summed E-state index contributed by atoms with van der Waals surface area (Å²) >= 11 is 5.87. The largest absolute Gasteiger partial charge is 0.387 e. The molecule has 2 rings (SSSR count). The Kier molecular flexibility index (Phi) is 5.99. The average Bonchev–Trinajstić information content (AvgIpc) is 2.37. The van der Waals surface area contributed by atoms with Gasteiger partial charge in [0.25, 0.3) is 0 Å². The molecular weight excluding hydrogens is 269 g/mol. The number of anilines is 1. The minimum atomic E-state index is -0.518.